The highest BCUT2D eigenvalue weighted by Gasteiger charge is 2.65. The minimum absolute atomic E-state index is 0.0920. The number of ether oxygens (including phenoxy) is 5. The maximum absolute atomic E-state index is 10.9. The van der Waals surface area contributed by atoms with Crippen molar-refractivity contribution in [1.82, 2.24) is 0 Å². The molecule has 2 aliphatic rings. The van der Waals surface area contributed by atoms with Gasteiger partial charge in [0.1, 0.15) is 18.3 Å². The molecule has 0 radical (unpaired) electrons. The van der Waals surface area contributed by atoms with Crippen LogP contribution in [0, 0.1) is 0 Å². The Kier molecular flexibility index (Phi) is 6.57. The fraction of sp³-hybridized carbons (Fsp3) is 0.440. The molecule has 2 aromatic carbocycles. The van der Waals surface area contributed by atoms with Gasteiger partial charge in [-0.15, -0.1) is 6.58 Å². The third-order valence-corrected chi connectivity index (χ3v) is 5.64. The van der Waals surface area contributed by atoms with Gasteiger partial charge in [0.15, 0.2) is 17.7 Å². The lowest BCUT2D eigenvalue weighted by molar-refractivity contribution is -0.270. The predicted molar refractivity (Wildman–Crippen MR) is 115 cm³/mol. The molecular weight excluding hydrogens is 396 g/mol. The van der Waals surface area contributed by atoms with Crippen molar-refractivity contribution in [3.8, 4) is 0 Å². The number of aliphatic hydroxyl groups excluding tert-OH is 1. The summed E-state index contributed by atoms with van der Waals surface area (Å²) in [5.41, 5.74) is 0.826. The van der Waals surface area contributed by atoms with Crippen LogP contribution < -0.4 is 0 Å². The summed E-state index contributed by atoms with van der Waals surface area (Å²) in [4.78, 5) is 0. The van der Waals surface area contributed by atoms with E-state index in [0.717, 1.165) is 11.1 Å². The molecule has 0 saturated carbocycles. The largest absolute Gasteiger partial charge is 0.386 e. The first-order valence-electron chi connectivity index (χ1n) is 10.5. The van der Waals surface area contributed by atoms with Crippen LogP contribution in [-0.2, 0) is 36.9 Å². The van der Waals surface area contributed by atoms with E-state index in [2.05, 4.69) is 6.58 Å². The number of aliphatic hydroxyl groups is 1. The maximum Gasteiger partial charge on any atom is 0.190 e. The molecule has 0 unspecified atom stereocenters. The zero-order chi connectivity index (χ0) is 21.9. The minimum atomic E-state index is -1.21. The van der Waals surface area contributed by atoms with Crippen LogP contribution in [0.1, 0.15) is 25.0 Å². The number of rotatable bonds is 9. The van der Waals surface area contributed by atoms with Crippen molar-refractivity contribution in [3.63, 3.8) is 0 Å². The quantitative estimate of drug-likeness (QED) is 0.619. The lowest BCUT2D eigenvalue weighted by Crippen LogP contribution is -2.57. The Morgan fingerprint density at radius 3 is 2.19 bits per heavy atom. The Labute approximate surface area is 183 Å². The van der Waals surface area contributed by atoms with Crippen molar-refractivity contribution < 1.29 is 28.8 Å². The Hall–Kier alpha value is -2.06. The summed E-state index contributed by atoms with van der Waals surface area (Å²) in [6.45, 7) is 8.25. The minimum Gasteiger partial charge on any atom is -0.386 e. The molecule has 1 N–H and O–H groups in total. The van der Waals surface area contributed by atoms with Crippen molar-refractivity contribution in [2.45, 2.75) is 63.1 Å². The van der Waals surface area contributed by atoms with Gasteiger partial charge in [-0.1, -0.05) is 66.7 Å². The monoisotopic (exact) mass is 426 g/mol. The van der Waals surface area contributed by atoms with Gasteiger partial charge in [0, 0.05) is 0 Å². The molecule has 166 valence electrons. The van der Waals surface area contributed by atoms with Crippen LogP contribution in [0.4, 0.5) is 0 Å². The smallest absolute Gasteiger partial charge is 0.190 e. The fourth-order valence-electron chi connectivity index (χ4n) is 4.15. The molecule has 4 rings (SSSR count). The lowest BCUT2D eigenvalue weighted by Gasteiger charge is -2.38. The molecular formula is C25H30O6. The molecule has 0 aromatic heterocycles. The van der Waals surface area contributed by atoms with E-state index in [-0.39, 0.29) is 6.61 Å². The Morgan fingerprint density at radius 2 is 1.58 bits per heavy atom. The zero-order valence-corrected chi connectivity index (χ0v) is 18.0. The number of hydrogen-bond acceptors (Lipinski definition) is 6. The second kappa shape index (κ2) is 9.20. The summed E-state index contributed by atoms with van der Waals surface area (Å²) < 4.78 is 30.7. The average Bonchev–Trinajstić information content (AvgIpc) is 3.22. The Morgan fingerprint density at radius 1 is 0.968 bits per heavy atom. The van der Waals surface area contributed by atoms with Crippen LogP contribution in [0.15, 0.2) is 73.3 Å². The van der Waals surface area contributed by atoms with Crippen LogP contribution in [-0.4, -0.2) is 47.7 Å². The summed E-state index contributed by atoms with van der Waals surface area (Å²) in [6, 6.07) is 19.7. The van der Waals surface area contributed by atoms with Crippen molar-refractivity contribution in [3.05, 3.63) is 84.4 Å². The number of hydrogen-bond donors (Lipinski definition) is 1. The highest BCUT2D eigenvalue weighted by molar-refractivity contribution is 5.16. The van der Waals surface area contributed by atoms with Gasteiger partial charge in [-0.2, -0.15) is 0 Å². The van der Waals surface area contributed by atoms with Crippen LogP contribution >= 0.6 is 0 Å². The molecule has 2 aliphatic heterocycles. The highest BCUT2D eigenvalue weighted by Crippen LogP contribution is 2.46. The second-order valence-electron chi connectivity index (χ2n) is 8.42. The molecule has 0 amide bonds. The molecule has 0 spiro atoms. The van der Waals surface area contributed by atoms with Crippen LogP contribution in [0.5, 0.6) is 0 Å². The van der Waals surface area contributed by atoms with Gasteiger partial charge in [0.2, 0.25) is 0 Å². The molecule has 5 atom stereocenters. The molecule has 2 fully saturated rings. The molecule has 31 heavy (non-hydrogen) atoms. The third-order valence-electron chi connectivity index (χ3n) is 5.64. The van der Waals surface area contributed by atoms with E-state index in [0.29, 0.717) is 13.2 Å². The predicted octanol–water partition coefficient (Wildman–Crippen LogP) is 3.58. The first-order chi connectivity index (χ1) is 14.9. The fourth-order valence-corrected chi connectivity index (χ4v) is 4.15. The Balaban J connectivity index is 1.56. The van der Waals surface area contributed by atoms with Gasteiger partial charge in [0.25, 0.3) is 0 Å². The SMILES string of the molecule is C=C[C@@H](O)[C@@]1(COCc2ccccc2)O[C@@H]2OC(C)(C)O[C@@H]2[C@@H]1OCc1ccccc1. The van der Waals surface area contributed by atoms with Gasteiger partial charge in [-0.25, -0.2) is 0 Å². The number of fused-ring (bicyclic) bond motifs is 1. The molecule has 6 nitrogen and oxygen atoms in total. The summed E-state index contributed by atoms with van der Waals surface area (Å²) in [7, 11) is 0. The van der Waals surface area contributed by atoms with E-state index in [1.807, 2.05) is 74.5 Å². The van der Waals surface area contributed by atoms with Gasteiger partial charge in [-0.05, 0) is 25.0 Å². The summed E-state index contributed by atoms with van der Waals surface area (Å²) in [5.74, 6) is -0.806. The second-order valence-corrected chi connectivity index (χ2v) is 8.42. The Bertz CT molecular complexity index is 855. The summed E-state index contributed by atoms with van der Waals surface area (Å²) in [6.07, 6.45) is -1.40. The van der Waals surface area contributed by atoms with Crippen molar-refractivity contribution in [2.24, 2.45) is 0 Å². The van der Waals surface area contributed by atoms with Gasteiger partial charge in [-0.3, -0.25) is 0 Å². The van der Waals surface area contributed by atoms with E-state index in [1.165, 1.54) is 6.08 Å². The third kappa shape index (κ3) is 4.75. The van der Waals surface area contributed by atoms with E-state index < -0.39 is 36.0 Å². The van der Waals surface area contributed by atoms with Gasteiger partial charge >= 0.3 is 0 Å². The topological polar surface area (TPSA) is 66.4 Å². The highest BCUT2D eigenvalue weighted by atomic mass is 16.8. The maximum atomic E-state index is 10.9. The van der Waals surface area contributed by atoms with Crippen molar-refractivity contribution in [2.75, 3.05) is 6.61 Å². The first-order valence-corrected chi connectivity index (χ1v) is 10.5. The van der Waals surface area contributed by atoms with E-state index in [9.17, 15) is 5.11 Å². The number of benzene rings is 2. The summed E-state index contributed by atoms with van der Waals surface area (Å²) >= 11 is 0. The van der Waals surface area contributed by atoms with E-state index >= 15 is 0 Å². The molecule has 0 aliphatic carbocycles. The van der Waals surface area contributed by atoms with Crippen molar-refractivity contribution >= 4 is 0 Å². The normalized spacial score (nSPS) is 30.1. The van der Waals surface area contributed by atoms with Crippen molar-refractivity contribution in [1.29, 1.82) is 0 Å². The molecule has 0 bridgehead atoms. The van der Waals surface area contributed by atoms with Crippen LogP contribution in [0.3, 0.4) is 0 Å². The zero-order valence-electron chi connectivity index (χ0n) is 18.0. The van der Waals surface area contributed by atoms with Gasteiger partial charge in [0.05, 0.1) is 19.8 Å². The molecule has 6 heteroatoms. The standard InChI is InChI=1S/C25H30O6/c1-4-20(26)25(17-27-15-18-11-7-5-8-12-18)22(28-16-19-13-9-6-10-14-19)21-23(31-25)30-24(2,3)29-21/h4-14,20-23,26H,1,15-17H2,2-3H3/t20-,21-,22+,23+,25-/m1/s1. The molecule has 2 aromatic rings. The van der Waals surface area contributed by atoms with E-state index in [1.54, 1.807) is 0 Å². The van der Waals surface area contributed by atoms with Crippen LogP contribution in [0.2, 0.25) is 0 Å². The van der Waals surface area contributed by atoms with Crippen LogP contribution in [0.25, 0.3) is 0 Å². The summed E-state index contributed by atoms with van der Waals surface area (Å²) in [5, 5.41) is 10.9. The lowest BCUT2D eigenvalue weighted by atomic mass is 9.89. The first kappa shape index (κ1) is 22.1. The average molecular weight is 427 g/mol. The molecule has 2 heterocycles. The van der Waals surface area contributed by atoms with E-state index in [4.69, 9.17) is 23.7 Å². The molecule has 2 saturated heterocycles. The van der Waals surface area contributed by atoms with Gasteiger partial charge < -0.3 is 28.8 Å².